The van der Waals surface area contributed by atoms with Gasteiger partial charge in [0.1, 0.15) is 0 Å². The van der Waals surface area contributed by atoms with Gasteiger partial charge in [0.15, 0.2) is 0 Å². The molecule has 1 aromatic rings. The van der Waals surface area contributed by atoms with E-state index < -0.39 is 8.60 Å². The minimum absolute atomic E-state index is 0.0532. The van der Waals surface area contributed by atoms with Gasteiger partial charge in [0.2, 0.25) is 0 Å². The molecule has 1 atom stereocenters. The molecule has 5 heteroatoms. The lowest BCUT2D eigenvalue weighted by atomic mass is 9.54. The summed E-state index contributed by atoms with van der Waals surface area (Å²) in [6, 6.07) is 8.47. The fourth-order valence-corrected chi connectivity index (χ4v) is 7.02. The molecule has 1 aromatic carbocycles. The zero-order valence-corrected chi connectivity index (χ0v) is 17.3. The topological polar surface area (TPSA) is 27.7 Å². The van der Waals surface area contributed by atoms with Gasteiger partial charge in [-0.3, -0.25) is 0 Å². The molecule has 132 valence electrons. The molecule has 0 aliphatic heterocycles. The van der Waals surface area contributed by atoms with Crippen LogP contribution in [0.2, 0.25) is 0 Å². The summed E-state index contributed by atoms with van der Waals surface area (Å²) in [5.41, 5.74) is 1.39. The monoisotopic (exact) mass is 460 g/mol. The summed E-state index contributed by atoms with van der Waals surface area (Å²) in [6.45, 7) is 0.659. The summed E-state index contributed by atoms with van der Waals surface area (Å²) in [5.74, 6) is 2.66. The number of halogens is 1. The van der Waals surface area contributed by atoms with Crippen molar-refractivity contribution in [2.24, 2.45) is 17.8 Å². The van der Waals surface area contributed by atoms with Crippen LogP contribution in [0.5, 0.6) is 0 Å². The van der Waals surface area contributed by atoms with E-state index in [1.165, 1.54) is 47.7 Å². The number of hydrogen-bond donors (Lipinski definition) is 0. The Morgan fingerprint density at radius 3 is 2.29 bits per heavy atom. The van der Waals surface area contributed by atoms with Gasteiger partial charge < -0.3 is 13.6 Å². The van der Waals surface area contributed by atoms with Crippen LogP contribution in [0.4, 0.5) is 0 Å². The summed E-state index contributed by atoms with van der Waals surface area (Å²) >= 11 is 2.38. The lowest BCUT2D eigenvalue weighted by molar-refractivity contribution is -0.114. The minimum Gasteiger partial charge on any atom is -0.316 e. The molecule has 0 spiro atoms. The van der Waals surface area contributed by atoms with Crippen LogP contribution < -0.4 is 0 Å². The highest BCUT2D eigenvalue weighted by Crippen LogP contribution is 2.61. The van der Waals surface area contributed by atoms with Crippen molar-refractivity contribution in [2.75, 3.05) is 13.7 Å². The second-order valence-corrected chi connectivity index (χ2v) is 10.2. The van der Waals surface area contributed by atoms with Crippen LogP contribution in [-0.2, 0) is 20.0 Å². The van der Waals surface area contributed by atoms with Crippen LogP contribution >= 0.6 is 31.2 Å². The summed E-state index contributed by atoms with van der Waals surface area (Å²) in [7, 11) is 0.493. The van der Waals surface area contributed by atoms with Crippen molar-refractivity contribution in [3.8, 4) is 0 Å². The van der Waals surface area contributed by atoms with Gasteiger partial charge in [0, 0.05) is 10.7 Å². The van der Waals surface area contributed by atoms with Gasteiger partial charge >= 0.3 is 8.60 Å². The van der Waals surface area contributed by atoms with Gasteiger partial charge in [0.05, 0.1) is 12.2 Å². The van der Waals surface area contributed by atoms with Crippen molar-refractivity contribution in [1.82, 2.24) is 0 Å². The maximum Gasteiger partial charge on any atom is 0.332 e. The lowest BCUT2D eigenvalue weighted by Crippen LogP contribution is -2.51. The molecular weight excluding hydrogens is 434 g/mol. The van der Waals surface area contributed by atoms with Crippen molar-refractivity contribution < 1.29 is 13.6 Å². The number of benzene rings is 1. The third-order valence-corrected chi connectivity index (χ3v) is 8.21. The molecule has 0 aromatic heterocycles. The molecule has 0 heterocycles. The van der Waals surface area contributed by atoms with E-state index in [0.29, 0.717) is 6.61 Å². The third kappa shape index (κ3) is 3.83. The molecule has 5 rings (SSSR count). The van der Waals surface area contributed by atoms with Crippen LogP contribution in [0.3, 0.4) is 0 Å². The second-order valence-electron chi connectivity index (χ2n) is 7.77. The van der Waals surface area contributed by atoms with E-state index >= 15 is 0 Å². The molecule has 4 fully saturated rings. The molecule has 3 nitrogen and oxygen atoms in total. The molecule has 4 saturated carbocycles. The van der Waals surface area contributed by atoms with Crippen LogP contribution in [0.25, 0.3) is 0 Å². The highest BCUT2D eigenvalue weighted by Gasteiger charge is 2.53. The molecule has 4 aliphatic rings. The first-order valence-electron chi connectivity index (χ1n) is 9.05. The standard InChI is InChI=1S/C19H26IO3P/c1-21-24(22-7-6-17-4-2-3-5-18(17)20)23-19-11-14-8-15(12-19)10-16(9-14)13-19/h2-5,14-16H,6-13H2,1H3. The molecular formula is C19H26IO3P. The Labute approximate surface area is 160 Å². The zero-order valence-electron chi connectivity index (χ0n) is 14.2. The third-order valence-electron chi connectivity index (χ3n) is 5.93. The zero-order chi connectivity index (χ0) is 16.6. The quantitative estimate of drug-likeness (QED) is 0.386. The fourth-order valence-electron chi connectivity index (χ4n) is 5.35. The van der Waals surface area contributed by atoms with Crippen LogP contribution in [0.15, 0.2) is 24.3 Å². The lowest BCUT2D eigenvalue weighted by Gasteiger charge is -2.56. The molecule has 1 unspecified atom stereocenters. The van der Waals surface area contributed by atoms with E-state index in [0.717, 1.165) is 24.2 Å². The Morgan fingerprint density at radius 1 is 1.08 bits per heavy atom. The second kappa shape index (κ2) is 7.48. The van der Waals surface area contributed by atoms with Gasteiger partial charge in [-0.05, 0) is 96.9 Å². The van der Waals surface area contributed by atoms with Crippen molar-refractivity contribution in [3.05, 3.63) is 33.4 Å². The highest BCUT2D eigenvalue weighted by molar-refractivity contribution is 14.1. The summed E-state index contributed by atoms with van der Waals surface area (Å²) in [5, 5.41) is 0. The van der Waals surface area contributed by atoms with E-state index in [2.05, 4.69) is 46.9 Å². The molecule has 4 aliphatic carbocycles. The SMILES string of the molecule is COP(OCCc1ccccc1I)OC12CC3CC(CC(C3)C1)C2. The Morgan fingerprint density at radius 2 is 1.71 bits per heavy atom. The average molecular weight is 460 g/mol. The van der Waals surface area contributed by atoms with Crippen molar-refractivity contribution in [2.45, 2.75) is 50.5 Å². The predicted molar refractivity (Wildman–Crippen MR) is 105 cm³/mol. The minimum atomic E-state index is -1.23. The van der Waals surface area contributed by atoms with Gasteiger partial charge in [-0.15, -0.1) is 0 Å². The average Bonchev–Trinajstić information content (AvgIpc) is 2.54. The highest BCUT2D eigenvalue weighted by atomic mass is 127. The Bertz CT molecular complexity index is 544. The Balaban J connectivity index is 1.32. The number of hydrogen-bond acceptors (Lipinski definition) is 3. The molecule has 24 heavy (non-hydrogen) atoms. The smallest absolute Gasteiger partial charge is 0.316 e. The maximum atomic E-state index is 6.49. The van der Waals surface area contributed by atoms with Crippen molar-refractivity contribution >= 4 is 31.2 Å². The van der Waals surface area contributed by atoms with E-state index in [-0.39, 0.29) is 5.60 Å². The van der Waals surface area contributed by atoms with Crippen molar-refractivity contribution in [1.29, 1.82) is 0 Å². The largest absolute Gasteiger partial charge is 0.332 e. The molecule has 0 saturated heterocycles. The Hall–Kier alpha value is 0.260. The maximum absolute atomic E-state index is 6.49. The van der Waals surface area contributed by atoms with E-state index in [1.54, 1.807) is 7.11 Å². The van der Waals surface area contributed by atoms with Gasteiger partial charge in [0.25, 0.3) is 0 Å². The van der Waals surface area contributed by atoms with Gasteiger partial charge in [-0.2, -0.15) is 0 Å². The van der Waals surface area contributed by atoms with Crippen LogP contribution in [0.1, 0.15) is 44.1 Å². The summed E-state index contributed by atoms with van der Waals surface area (Å²) < 4.78 is 19.4. The van der Waals surface area contributed by atoms with Crippen molar-refractivity contribution in [3.63, 3.8) is 0 Å². The van der Waals surface area contributed by atoms with E-state index in [1.807, 2.05) is 0 Å². The molecule has 0 radical (unpaired) electrons. The predicted octanol–water partition coefficient (Wildman–Crippen LogP) is 5.71. The van der Waals surface area contributed by atoms with Crippen LogP contribution in [0, 0.1) is 21.3 Å². The first-order chi connectivity index (χ1) is 11.7. The van der Waals surface area contributed by atoms with E-state index in [4.69, 9.17) is 13.6 Å². The number of rotatable bonds is 7. The normalized spacial score (nSPS) is 35.3. The van der Waals surface area contributed by atoms with E-state index in [9.17, 15) is 0 Å². The Kier molecular flexibility index (Phi) is 5.50. The first-order valence-corrected chi connectivity index (χ1v) is 11.2. The van der Waals surface area contributed by atoms with Crippen LogP contribution in [-0.4, -0.2) is 19.3 Å². The molecule has 4 bridgehead atoms. The summed E-state index contributed by atoms with van der Waals surface area (Å²) in [6.07, 6.45) is 8.87. The van der Waals surface area contributed by atoms with Gasteiger partial charge in [-0.1, -0.05) is 18.2 Å². The summed E-state index contributed by atoms with van der Waals surface area (Å²) in [4.78, 5) is 0. The van der Waals surface area contributed by atoms with Gasteiger partial charge in [-0.25, -0.2) is 0 Å². The first kappa shape index (κ1) is 17.7. The molecule has 0 N–H and O–H groups in total. The fraction of sp³-hybridized carbons (Fsp3) is 0.684. The molecule has 0 amide bonds.